The first-order chi connectivity index (χ1) is 60.6. The number of nitrogens with zero attached hydrogens (tertiary/aromatic N) is 10. The van der Waals surface area contributed by atoms with Crippen molar-refractivity contribution in [2.24, 2.45) is 5.73 Å². The summed E-state index contributed by atoms with van der Waals surface area (Å²) in [6.07, 6.45) is 7.50. The van der Waals surface area contributed by atoms with Gasteiger partial charge in [0.05, 0.1) is 41.2 Å². The van der Waals surface area contributed by atoms with Gasteiger partial charge in [0.2, 0.25) is 35.6 Å². The van der Waals surface area contributed by atoms with Gasteiger partial charge in [-0.2, -0.15) is 0 Å². The van der Waals surface area contributed by atoms with Gasteiger partial charge in [-0.3, -0.25) is 4.79 Å². The lowest BCUT2D eigenvalue weighted by Crippen LogP contribution is -2.11. The predicted molar refractivity (Wildman–Crippen MR) is 449 cm³/mol. The van der Waals surface area contributed by atoms with Crippen LogP contribution in [0.25, 0.3) is 57.3 Å². The number of esters is 5. The number of cyclic esters (lactones) is 5. The number of fused-ring (bicyclic) bond motifs is 5. The number of hydrogen-bond acceptors (Lipinski definition) is 33. The standard InChI is InChI=1S/C18H14N4O4.C18H15N3O5S.C18H15N3O3.C17H11ClFN3O3.C17H12ClN3O3/c19-16(23)10-5-3-9(4-6-10)8-12-15-13(17(24)26-12)14(21-18(20)22-15)11-2-1-7-25-11;1-27(23,24)11-6-4-10(5-7-11)9-13-16-14(17(22)26-13)15(20-18(19)21-16)12-3-2-8-25-12;1-10-4-6-11(7-5-10)9-13-16-14(17(22)24-13)15(20-18(19)21-16)12-3-2-8-23-12;18-9-4-3-8(6-10(9)19)7-12-15-13(16(23)25-12)14(21-17(20)22-15)11-2-1-5-24-11;18-10-5-2-1-4-9(10)8-12-15-13(16(22)24-12)14(20-17(19)21-15)11-6-3-7-23-11/h1-7,12H,8H2,(H2,19,23)(H2,20,21,22);2-8,13H,9H2,1H3,(H2,19,20,21);2-8,13H,9H2,1H3,(H2,19,20,21);1-6,12H,7H2,(H2,20,21,22);1-7,12H,8H2,(H2,19,20,21). The number of anilines is 5. The van der Waals surface area contributed by atoms with Crippen molar-refractivity contribution in [1.29, 1.82) is 0 Å². The Bertz CT molecular complexity index is 6820. The van der Waals surface area contributed by atoms with E-state index in [9.17, 15) is 41.6 Å². The quantitative estimate of drug-likeness (QED) is 0.0364. The summed E-state index contributed by atoms with van der Waals surface area (Å²) < 4.78 is 90.8. The number of carbonyl (C=O) groups excluding carboxylic acids is 6. The monoisotopic (exact) mass is 1760 g/mol. The lowest BCUT2D eigenvalue weighted by atomic mass is 10.0. The fourth-order valence-electron chi connectivity index (χ4n) is 14.3. The van der Waals surface area contributed by atoms with Crippen molar-refractivity contribution in [2.75, 3.05) is 34.9 Å². The minimum Gasteiger partial charge on any atom is -0.463 e. The Morgan fingerprint density at radius 2 is 0.651 bits per heavy atom. The van der Waals surface area contributed by atoms with Gasteiger partial charge in [-0.15, -0.1) is 0 Å². The number of benzene rings is 5. The highest BCUT2D eigenvalue weighted by Gasteiger charge is 2.43. The highest BCUT2D eigenvalue weighted by molar-refractivity contribution is 7.90. The van der Waals surface area contributed by atoms with Gasteiger partial charge in [-0.1, -0.05) is 102 Å². The normalized spacial score (nSPS) is 15.9. The number of aromatic nitrogens is 10. The second kappa shape index (κ2) is 35.3. The van der Waals surface area contributed by atoms with Crippen molar-refractivity contribution in [1.82, 2.24) is 49.8 Å². The lowest BCUT2D eigenvalue weighted by molar-refractivity contribution is 0.0373. The van der Waals surface area contributed by atoms with Crippen LogP contribution in [0.1, 0.15) is 155 Å². The lowest BCUT2D eigenvalue weighted by Gasteiger charge is -2.11. The topological polar surface area (TPSA) is 533 Å². The van der Waals surface area contributed by atoms with Crippen LogP contribution < -0.4 is 34.4 Å². The number of ether oxygens (including phenoxy) is 5. The van der Waals surface area contributed by atoms with Crippen LogP contribution in [0, 0.1) is 12.7 Å². The highest BCUT2D eigenvalue weighted by Crippen LogP contribution is 2.44. The number of sulfone groups is 1. The Morgan fingerprint density at radius 3 is 0.937 bits per heavy atom. The molecule has 126 heavy (non-hydrogen) atoms. The SMILES string of the molecule is CS(=O)(=O)c1ccc(CC2OC(=O)c3c(-c4ccco4)nc(N)nc32)cc1.Cc1ccc(CC2OC(=O)c3c(-c4ccco4)nc(N)nc32)cc1.NC(=O)c1ccc(CC2OC(=O)c3c(-c4ccco4)nc(N)nc32)cc1.Nc1nc(-c2ccco2)c2c(n1)C(Cc1ccc(Cl)c(F)c1)OC2=O.Nc1nc(-c2ccco2)c2c(n1)C(Cc1ccccc1Cl)OC2=O. The van der Waals surface area contributed by atoms with E-state index in [4.69, 9.17) is 103 Å². The zero-order valence-electron chi connectivity index (χ0n) is 65.9. The van der Waals surface area contributed by atoms with Crippen molar-refractivity contribution in [3.63, 3.8) is 0 Å². The number of hydrogen-bond donors (Lipinski definition) is 6. The molecule has 5 unspecified atom stereocenters. The summed E-state index contributed by atoms with van der Waals surface area (Å²) in [5.74, 6) is -1.33. The third-order valence-corrected chi connectivity index (χ3v) is 21.9. The van der Waals surface area contributed by atoms with Crippen LogP contribution in [0.5, 0.6) is 0 Å². The van der Waals surface area contributed by atoms with E-state index in [1.54, 1.807) is 109 Å². The summed E-state index contributed by atoms with van der Waals surface area (Å²) in [5, 5.41) is 0.634. The second-order valence-electron chi connectivity index (χ2n) is 28.6. The molecule has 15 heterocycles. The number of nitrogens with two attached hydrogens (primary N) is 6. The molecule has 5 aromatic carbocycles. The molecule has 5 atom stereocenters. The maximum Gasteiger partial charge on any atom is 0.343 e. The molecule has 0 bridgehead atoms. The number of carbonyl (C=O) groups is 6. The zero-order valence-corrected chi connectivity index (χ0v) is 68.2. The maximum atomic E-state index is 13.6. The van der Waals surface area contributed by atoms with Gasteiger partial charge in [-0.05, 0) is 138 Å². The Hall–Kier alpha value is -15.8. The molecule has 0 saturated heterocycles. The first-order valence-electron chi connectivity index (χ1n) is 38.1. The van der Waals surface area contributed by atoms with E-state index in [-0.39, 0.29) is 74.0 Å². The van der Waals surface area contributed by atoms with E-state index in [0.717, 1.165) is 28.5 Å². The summed E-state index contributed by atoms with van der Waals surface area (Å²) in [6.45, 7) is 2.03. The number of furan rings is 5. The van der Waals surface area contributed by atoms with Gasteiger partial charge in [0.1, 0.15) is 121 Å². The number of rotatable bonds is 17. The molecule has 20 rings (SSSR count). The number of primary amides is 1. The Balaban J connectivity index is 0.000000116. The molecule has 5 aliphatic heterocycles. The van der Waals surface area contributed by atoms with Crippen LogP contribution >= 0.6 is 23.2 Å². The molecule has 0 aliphatic carbocycles. The predicted octanol–water partition coefficient (Wildman–Crippen LogP) is 14.1. The van der Waals surface area contributed by atoms with E-state index in [2.05, 4.69) is 49.8 Å². The minimum absolute atomic E-state index is 0.00395. The van der Waals surface area contributed by atoms with E-state index in [0.29, 0.717) is 127 Å². The van der Waals surface area contributed by atoms with Crippen LogP contribution in [0.3, 0.4) is 0 Å². The van der Waals surface area contributed by atoms with Crippen molar-refractivity contribution < 1.29 is 87.3 Å². The van der Waals surface area contributed by atoms with Gasteiger partial charge >= 0.3 is 29.8 Å². The molecule has 5 aliphatic rings. The minimum atomic E-state index is -3.27. The first kappa shape index (κ1) is 83.8. The molecule has 0 fully saturated rings. The first-order valence-corrected chi connectivity index (χ1v) is 40.8. The molecule has 0 saturated carbocycles. The van der Waals surface area contributed by atoms with E-state index >= 15 is 0 Å². The smallest absolute Gasteiger partial charge is 0.343 e. The molecule has 34 nitrogen and oxygen atoms in total. The summed E-state index contributed by atoms with van der Waals surface area (Å²) in [5.41, 5.74) is 45.1. The number of aryl methyl sites for hydroxylation is 1. The highest BCUT2D eigenvalue weighted by atomic mass is 35.5. The molecule has 38 heteroatoms. The molecular weight excluding hydrogens is 1690 g/mol. The van der Waals surface area contributed by atoms with Crippen LogP contribution in [0.15, 0.2) is 234 Å². The van der Waals surface area contributed by atoms with E-state index in [1.807, 2.05) is 49.4 Å². The van der Waals surface area contributed by atoms with Crippen LogP contribution in [-0.4, -0.2) is 100 Å². The largest absolute Gasteiger partial charge is 0.463 e. The van der Waals surface area contributed by atoms with E-state index in [1.165, 1.54) is 61.1 Å². The molecule has 634 valence electrons. The molecule has 0 spiro atoms. The third-order valence-electron chi connectivity index (χ3n) is 20.1. The van der Waals surface area contributed by atoms with Crippen molar-refractivity contribution in [3.05, 3.63) is 318 Å². The number of nitrogen functional groups attached to an aromatic ring is 5. The summed E-state index contributed by atoms with van der Waals surface area (Å²) in [6, 6.07) is 50.0. The Morgan fingerprint density at radius 1 is 0.365 bits per heavy atom. The van der Waals surface area contributed by atoms with Crippen LogP contribution in [0.4, 0.5) is 34.1 Å². The molecule has 0 radical (unpaired) electrons. The Kier molecular flexibility index (Phi) is 23.5. The van der Waals surface area contributed by atoms with Crippen LogP contribution in [-0.2, 0) is 65.6 Å². The average Bonchev–Trinajstić information content (AvgIpc) is 1.64. The fraction of sp³-hybridized carbons (Fsp3) is 0.136. The average molecular weight is 1760 g/mol. The molecular formula is C88H67Cl2FN16O18S. The number of halogens is 3. The fourth-order valence-corrected chi connectivity index (χ4v) is 15.3. The zero-order chi connectivity index (χ0) is 88.4. The molecule has 12 N–H and O–H groups in total. The maximum absolute atomic E-state index is 13.6. The van der Waals surface area contributed by atoms with Gasteiger partial charge < -0.3 is 80.2 Å². The number of amides is 1. The van der Waals surface area contributed by atoms with Gasteiger partial charge in [-0.25, -0.2) is 86.6 Å². The summed E-state index contributed by atoms with van der Waals surface area (Å²) in [4.78, 5) is 115. The van der Waals surface area contributed by atoms with Crippen molar-refractivity contribution in [3.8, 4) is 57.3 Å². The second-order valence-corrected chi connectivity index (χ2v) is 31.5. The third kappa shape index (κ3) is 17.9. The molecule has 15 aromatic rings. The summed E-state index contributed by atoms with van der Waals surface area (Å²) >= 11 is 11.9. The van der Waals surface area contributed by atoms with Gasteiger partial charge in [0.25, 0.3) is 0 Å². The van der Waals surface area contributed by atoms with Gasteiger partial charge in [0, 0.05) is 48.9 Å². The van der Waals surface area contributed by atoms with Crippen molar-refractivity contribution >= 4 is 98.5 Å². The van der Waals surface area contributed by atoms with Gasteiger partial charge in [0.15, 0.2) is 38.6 Å². The molecule has 10 aromatic heterocycles. The van der Waals surface area contributed by atoms with Crippen LogP contribution in [0.2, 0.25) is 10.0 Å². The molecule has 1 amide bonds. The Labute approximate surface area is 722 Å². The summed E-state index contributed by atoms with van der Waals surface area (Å²) in [7, 11) is -3.27. The van der Waals surface area contributed by atoms with Crippen molar-refractivity contribution in [2.45, 2.75) is 74.4 Å². The van der Waals surface area contributed by atoms with E-state index < -0.39 is 81.9 Å².